The molecular formula is C27H37N3O4+2. The molecule has 7 nitrogen and oxygen atoms in total. The van der Waals surface area contributed by atoms with Gasteiger partial charge in [0.25, 0.3) is 0 Å². The molecule has 7 heteroatoms. The van der Waals surface area contributed by atoms with Crippen LogP contribution in [0.4, 0.5) is 0 Å². The molecule has 4 rings (SSSR count). The molecule has 0 bridgehead atoms. The van der Waals surface area contributed by atoms with Crippen molar-refractivity contribution < 1.29 is 28.6 Å². The molecule has 0 unspecified atom stereocenters. The molecule has 1 saturated carbocycles. The van der Waals surface area contributed by atoms with E-state index in [1.165, 1.54) is 11.1 Å². The van der Waals surface area contributed by atoms with E-state index < -0.39 is 6.10 Å². The van der Waals surface area contributed by atoms with Gasteiger partial charge in [-0.15, -0.1) is 0 Å². The number of aromatic nitrogens is 2. The molecule has 34 heavy (non-hydrogen) atoms. The number of nitrogens with one attached hydrogen (secondary N) is 1. The van der Waals surface area contributed by atoms with Crippen LogP contribution in [0.25, 0.3) is 11.1 Å². The number of nitrogens with zero attached hydrogens (tertiary/aromatic N) is 2. The maximum absolute atomic E-state index is 12.2. The summed E-state index contributed by atoms with van der Waals surface area (Å²) in [6.07, 6.45) is 9.95. The molecule has 0 spiro atoms. The number of ketones is 1. The van der Waals surface area contributed by atoms with E-state index in [1.54, 1.807) is 0 Å². The van der Waals surface area contributed by atoms with Gasteiger partial charge in [-0.1, -0.05) is 13.8 Å². The van der Waals surface area contributed by atoms with Crippen LogP contribution in [0.2, 0.25) is 0 Å². The van der Waals surface area contributed by atoms with Crippen LogP contribution in [0.1, 0.15) is 46.0 Å². The van der Waals surface area contributed by atoms with Gasteiger partial charge in [0, 0.05) is 48.9 Å². The van der Waals surface area contributed by atoms with Crippen LogP contribution in [0.3, 0.4) is 0 Å². The Balaban J connectivity index is 0.000000202. The number of piperidine rings is 1. The largest absolute Gasteiger partial charge is 0.392 e. The van der Waals surface area contributed by atoms with E-state index in [2.05, 4.69) is 61.3 Å². The lowest BCUT2D eigenvalue weighted by Gasteiger charge is -2.34. The fraction of sp³-hybridized carbons (Fsp3) is 0.519. The minimum absolute atomic E-state index is 0.00492. The normalized spacial score (nSPS) is 24.1. The van der Waals surface area contributed by atoms with E-state index in [-0.39, 0.29) is 48.2 Å². The first-order valence-corrected chi connectivity index (χ1v) is 12.1. The second-order valence-electron chi connectivity index (χ2n) is 10.0. The molecular weight excluding hydrogens is 430 g/mol. The second-order valence-corrected chi connectivity index (χ2v) is 10.0. The van der Waals surface area contributed by atoms with Crippen molar-refractivity contribution in [2.24, 2.45) is 37.8 Å². The number of amides is 2. The number of aryl methyl sites for hydroxylation is 2. The summed E-state index contributed by atoms with van der Waals surface area (Å²) in [6.45, 7) is 4.01. The number of carbonyl (C=O) groups excluding carboxylic acids is 3. The van der Waals surface area contributed by atoms with Crippen molar-refractivity contribution in [3.63, 3.8) is 0 Å². The summed E-state index contributed by atoms with van der Waals surface area (Å²) in [5, 5.41) is 12.6. The standard InChI is InChI=1S/C15H23NO4.C12H14N2/c1-8-3-9(2)15(20)11(4-8)12(17)5-10-6-13(18)16-14(19)7-10;1-13-7-3-11(4-8-13)12-5-9-14(2)10-6-12/h8-12,17H,3-7H2,1-2H3,(H,16,18,19);3-10H,1-2H3/q;+2/t8-,9-,11-,12+;/m0./s1. The highest BCUT2D eigenvalue weighted by molar-refractivity contribution is 5.97. The van der Waals surface area contributed by atoms with E-state index in [1.807, 2.05) is 30.2 Å². The third-order valence-corrected chi connectivity index (χ3v) is 6.82. The Hall–Kier alpha value is -2.93. The Labute approximate surface area is 201 Å². The van der Waals surface area contributed by atoms with Crippen LogP contribution < -0.4 is 14.5 Å². The average Bonchev–Trinajstić information content (AvgIpc) is 2.77. The van der Waals surface area contributed by atoms with Gasteiger partial charge in [-0.05, 0) is 42.2 Å². The maximum atomic E-state index is 12.2. The minimum Gasteiger partial charge on any atom is -0.392 e. The first-order chi connectivity index (χ1) is 16.1. The number of carbonyl (C=O) groups is 3. The van der Waals surface area contributed by atoms with E-state index in [4.69, 9.17) is 0 Å². The van der Waals surface area contributed by atoms with Gasteiger partial charge >= 0.3 is 0 Å². The van der Waals surface area contributed by atoms with Crippen LogP contribution >= 0.6 is 0 Å². The lowest BCUT2D eigenvalue weighted by molar-refractivity contribution is -0.671. The summed E-state index contributed by atoms with van der Waals surface area (Å²) < 4.78 is 4.07. The third-order valence-electron chi connectivity index (χ3n) is 6.82. The van der Waals surface area contributed by atoms with E-state index >= 15 is 0 Å². The molecule has 1 aliphatic heterocycles. The summed E-state index contributed by atoms with van der Waals surface area (Å²) in [4.78, 5) is 34.8. The number of hydrogen-bond acceptors (Lipinski definition) is 4. The summed E-state index contributed by atoms with van der Waals surface area (Å²) in [7, 11) is 4.05. The Morgan fingerprint density at radius 2 is 1.35 bits per heavy atom. The molecule has 2 amide bonds. The first kappa shape index (κ1) is 25.7. The van der Waals surface area contributed by atoms with Gasteiger partial charge < -0.3 is 5.11 Å². The van der Waals surface area contributed by atoms with Crippen LogP contribution in [-0.4, -0.2) is 28.8 Å². The average molecular weight is 468 g/mol. The molecule has 4 atom stereocenters. The Morgan fingerprint density at radius 3 is 1.82 bits per heavy atom. The number of pyridine rings is 2. The van der Waals surface area contributed by atoms with Crippen LogP contribution in [0.5, 0.6) is 0 Å². The number of aliphatic hydroxyl groups is 1. The van der Waals surface area contributed by atoms with E-state index in [0.29, 0.717) is 18.8 Å². The summed E-state index contributed by atoms with van der Waals surface area (Å²) in [5.74, 6) is -0.499. The highest BCUT2D eigenvalue weighted by Crippen LogP contribution is 2.34. The van der Waals surface area contributed by atoms with Crippen molar-refractivity contribution in [3.05, 3.63) is 49.1 Å². The summed E-state index contributed by atoms with van der Waals surface area (Å²) in [5.41, 5.74) is 2.51. The van der Waals surface area contributed by atoms with E-state index in [9.17, 15) is 19.5 Å². The third kappa shape index (κ3) is 7.03. The lowest BCUT2D eigenvalue weighted by atomic mass is 9.71. The number of imide groups is 1. The van der Waals surface area contributed by atoms with Crippen LogP contribution in [-0.2, 0) is 28.5 Å². The SMILES string of the molecule is C[C@@H]1C[C@@H]([C@H](O)CC2CC(=O)NC(=O)C2)C(=O)[C@@H](C)C1.C[n+]1ccc(-c2cc[n+](C)cc2)cc1. The zero-order valence-electron chi connectivity index (χ0n) is 20.6. The molecule has 2 aromatic rings. The molecule has 0 aromatic carbocycles. The molecule has 2 fully saturated rings. The molecule has 182 valence electrons. The van der Waals surface area contributed by atoms with Crippen molar-refractivity contribution >= 4 is 17.6 Å². The Bertz CT molecular complexity index is 944. The molecule has 2 aliphatic rings. The second kappa shape index (κ2) is 11.5. The lowest BCUT2D eigenvalue weighted by Crippen LogP contribution is -2.42. The van der Waals surface area contributed by atoms with Gasteiger partial charge in [0.1, 0.15) is 19.9 Å². The first-order valence-electron chi connectivity index (χ1n) is 12.1. The van der Waals surface area contributed by atoms with Crippen molar-refractivity contribution in [1.82, 2.24) is 5.32 Å². The number of Topliss-reactive ketones (excluding diaryl/α,β-unsaturated/α-hetero) is 1. The molecule has 2 N–H and O–H groups in total. The zero-order valence-corrected chi connectivity index (χ0v) is 20.6. The van der Waals surface area contributed by atoms with E-state index in [0.717, 1.165) is 6.42 Å². The fourth-order valence-corrected chi connectivity index (χ4v) is 4.99. The minimum atomic E-state index is -0.739. The number of aliphatic hydroxyl groups excluding tert-OH is 1. The van der Waals surface area contributed by atoms with Gasteiger partial charge in [0.15, 0.2) is 24.8 Å². The summed E-state index contributed by atoms with van der Waals surface area (Å²) in [6, 6.07) is 8.48. The zero-order chi connectivity index (χ0) is 24.8. The van der Waals surface area contributed by atoms with Crippen LogP contribution in [0.15, 0.2) is 49.1 Å². The Morgan fingerprint density at radius 1 is 0.882 bits per heavy atom. The van der Waals surface area contributed by atoms with Crippen LogP contribution in [0, 0.1) is 23.7 Å². The molecule has 1 saturated heterocycles. The number of hydrogen-bond donors (Lipinski definition) is 2. The van der Waals surface area contributed by atoms with Gasteiger partial charge in [0.2, 0.25) is 11.8 Å². The monoisotopic (exact) mass is 467 g/mol. The smallest absolute Gasteiger partial charge is 0.226 e. The molecule has 1 aliphatic carbocycles. The topological polar surface area (TPSA) is 91.2 Å². The Kier molecular flexibility index (Phi) is 8.67. The van der Waals surface area contributed by atoms with Gasteiger partial charge in [-0.25, -0.2) is 9.13 Å². The molecule has 0 radical (unpaired) electrons. The number of rotatable bonds is 4. The molecule has 3 heterocycles. The van der Waals surface area contributed by atoms with Crippen molar-refractivity contribution in [3.8, 4) is 11.1 Å². The fourth-order valence-electron chi connectivity index (χ4n) is 4.99. The van der Waals surface area contributed by atoms with Crippen molar-refractivity contribution in [1.29, 1.82) is 0 Å². The predicted octanol–water partition coefficient (Wildman–Crippen LogP) is 2.04. The van der Waals surface area contributed by atoms with Gasteiger partial charge in [0.05, 0.1) is 6.10 Å². The molecule has 2 aromatic heterocycles. The highest BCUT2D eigenvalue weighted by atomic mass is 16.3. The highest BCUT2D eigenvalue weighted by Gasteiger charge is 2.38. The summed E-state index contributed by atoms with van der Waals surface area (Å²) >= 11 is 0. The van der Waals surface area contributed by atoms with Crippen molar-refractivity contribution in [2.45, 2.75) is 52.1 Å². The van der Waals surface area contributed by atoms with Crippen molar-refractivity contribution in [2.75, 3.05) is 0 Å². The quantitative estimate of drug-likeness (QED) is 0.532. The maximum Gasteiger partial charge on any atom is 0.226 e. The predicted molar refractivity (Wildman–Crippen MR) is 127 cm³/mol. The van der Waals surface area contributed by atoms with Gasteiger partial charge in [-0.2, -0.15) is 0 Å². The van der Waals surface area contributed by atoms with Gasteiger partial charge in [-0.3, -0.25) is 19.7 Å².